The summed E-state index contributed by atoms with van der Waals surface area (Å²) in [5, 5.41) is 8.94. The summed E-state index contributed by atoms with van der Waals surface area (Å²) in [5.74, 6) is -0.852. The van der Waals surface area contributed by atoms with Gasteiger partial charge in [0.1, 0.15) is 24.7 Å². The van der Waals surface area contributed by atoms with Crippen LogP contribution >= 0.6 is 0 Å². The first-order valence-corrected chi connectivity index (χ1v) is 23.4. The number of nitrogens with zero attached hydrogens (tertiary/aromatic N) is 4. The predicted octanol–water partition coefficient (Wildman–Crippen LogP) is 4.17. The Bertz CT molecular complexity index is 2330. The maximum atomic E-state index is 13.0. The van der Waals surface area contributed by atoms with E-state index >= 15 is 0 Å². The fourth-order valence-corrected chi connectivity index (χ4v) is 9.72. The number of amides is 3. The molecule has 0 bridgehead atoms. The molecule has 0 aliphatic rings. The number of primary amides is 1. The molecule has 0 saturated carbocycles. The molecule has 67 heavy (non-hydrogen) atoms. The SMILES string of the molecule is COc1cc(C)c(S(=O)(=O)N(C)CCOCC(=O)N(C)Cc2ccc(C(=O)O)cc2)c(C)c1.COc1cc(C)c(S(=O)(=O)N(C)CCOCC(=O)N(C)Cc2ccc(C(N)=O)cc2)c(C)c1.N. The van der Waals surface area contributed by atoms with Crippen molar-refractivity contribution in [2.45, 2.75) is 50.6 Å². The van der Waals surface area contributed by atoms with Gasteiger partial charge in [0.05, 0.1) is 42.8 Å². The molecule has 4 rings (SSSR count). The smallest absolute Gasteiger partial charge is 0.335 e. The molecular formula is C46H64N6O13S2. The Labute approximate surface area is 394 Å². The van der Waals surface area contributed by atoms with Crippen LogP contribution in [0.2, 0.25) is 0 Å². The fraction of sp³-hybridized carbons (Fsp3) is 0.391. The van der Waals surface area contributed by atoms with Gasteiger partial charge in [0.2, 0.25) is 37.8 Å². The molecule has 0 saturated heterocycles. The van der Waals surface area contributed by atoms with E-state index in [0.29, 0.717) is 52.4 Å². The van der Waals surface area contributed by atoms with E-state index in [2.05, 4.69) is 0 Å². The van der Waals surface area contributed by atoms with E-state index in [9.17, 15) is 36.0 Å². The second-order valence-electron chi connectivity index (χ2n) is 15.5. The Hall–Kier alpha value is -5.94. The molecule has 0 unspecified atom stereocenters. The number of ether oxygens (including phenoxy) is 4. The number of carboxylic acid groups (broad SMARTS) is 1. The number of benzene rings is 4. The van der Waals surface area contributed by atoms with Crippen molar-refractivity contribution >= 4 is 43.7 Å². The Morgan fingerprint density at radius 2 is 0.881 bits per heavy atom. The van der Waals surface area contributed by atoms with Gasteiger partial charge >= 0.3 is 5.97 Å². The molecule has 0 fully saturated rings. The van der Waals surface area contributed by atoms with Gasteiger partial charge in [0.25, 0.3) is 0 Å². The predicted molar refractivity (Wildman–Crippen MR) is 253 cm³/mol. The molecule has 0 aromatic heterocycles. The lowest BCUT2D eigenvalue weighted by Gasteiger charge is -2.21. The number of aromatic carboxylic acids is 1. The molecule has 0 atom stereocenters. The lowest BCUT2D eigenvalue weighted by atomic mass is 10.1. The van der Waals surface area contributed by atoms with Crippen molar-refractivity contribution < 1.29 is 60.1 Å². The van der Waals surface area contributed by atoms with Gasteiger partial charge in [-0.2, -0.15) is 8.61 Å². The highest BCUT2D eigenvalue weighted by Gasteiger charge is 2.27. The third kappa shape index (κ3) is 16.1. The second kappa shape index (κ2) is 25.8. The van der Waals surface area contributed by atoms with Gasteiger partial charge in [-0.25, -0.2) is 21.6 Å². The van der Waals surface area contributed by atoms with Crippen LogP contribution in [0.3, 0.4) is 0 Å². The zero-order chi connectivity index (χ0) is 49.5. The number of hydrogen-bond donors (Lipinski definition) is 3. The van der Waals surface area contributed by atoms with Crippen molar-refractivity contribution in [1.29, 1.82) is 0 Å². The molecule has 4 aromatic rings. The number of carbonyl (C=O) groups excluding carboxylic acids is 3. The Morgan fingerprint density at radius 3 is 1.16 bits per heavy atom. The number of sulfonamides is 2. The van der Waals surface area contributed by atoms with Crippen LogP contribution in [0.25, 0.3) is 0 Å². The van der Waals surface area contributed by atoms with Crippen molar-refractivity contribution in [2.75, 3.05) is 81.9 Å². The van der Waals surface area contributed by atoms with E-state index in [-0.39, 0.29) is 72.8 Å². The van der Waals surface area contributed by atoms with Crippen LogP contribution in [-0.2, 0) is 52.2 Å². The van der Waals surface area contributed by atoms with Crippen LogP contribution in [0.1, 0.15) is 54.1 Å². The van der Waals surface area contributed by atoms with Crippen LogP contribution in [0.15, 0.2) is 82.6 Å². The average Bonchev–Trinajstić information content (AvgIpc) is 3.25. The van der Waals surface area contributed by atoms with Crippen molar-refractivity contribution in [3.8, 4) is 11.5 Å². The molecule has 368 valence electrons. The standard InChI is InChI=1S/C23H31N3O6S.C23H30N2O7S.H3N/c1-16-12-20(31-5)13-17(2)22(16)33(29,30)26(4)10-11-32-15-21(27)25(3)14-18-6-8-19(9-7-18)23(24)28;1-16-12-20(31-5)13-17(2)22(16)33(29,30)25(4)10-11-32-15-21(26)24(3)14-18-6-8-19(9-7-18)23(27)28;/h6-9,12-13H,10-11,14-15H2,1-5H3,(H2,24,28);6-9,12-13H,10-11,14-15H2,1-5H3,(H,27,28);1H3. The quantitative estimate of drug-likeness (QED) is 0.0934. The average molecular weight is 973 g/mol. The van der Waals surface area contributed by atoms with E-state index in [1.54, 1.807) is 102 Å². The summed E-state index contributed by atoms with van der Waals surface area (Å²) in [5.41, 5.74) is 9.80. The molecule has 0 heterocycles. The van der Waals surface area contributed by atoms with E-state index < -0.39 is 31.9 Å². The lowest BCUT2D eigenvalue weighted by molar-refractivity contribution is -0.136. The maximum absolute atomic E-state index is 13.0. The minimum atomic E-state index is -3.73. The number of aryl methyl sites for hydroxylation is 4. The maximum Gasteiger partial charge on any atom is 0.335 e. The fourth-order valence-electron chi connectivity index (χ4n) is 6.60. The Kier molecular flexibility index (Phi) is 22.0. The molecule has 0 radical (unpaired) electrons. The summed E-state index contributed by atoms with van der Waals surface area (Å²) in [6, 6.07) is 19.6. The molecular weight excluding hydrogens is 909 g/mol. The van der Waals surface area contributed by atoms with Crippen LogP contribution in [-0.4, -0.2) is 146 Å². The Balaban J connectivity index is 0.000000453. The van der Waals surface area contributed by atoms with Crippen molar-refractivity contribution in [3.05, 3.63) is 117 Å². The van der Waals surface area contributed by atoms with Gasteiger partial charge < -0.3 is 45.7 Å². The highest BCUT2D eigenvalue weighted by Crippen LogP contribution is 2.29. The van der Waals surface area contributed by atoms with Crippen LogP contribution < -0.4 is 21.4 Å². The van der Waals surface area contributed by atoms with Gasteiger partial charge in [-0.1, -0.05) is 24.3 Å². The highest BCUT2D eigenvalue weighted by molar-refractivity contribution is 7.89. The summed E-state index contributed by atoms with van der Waals surface area (Å²) in [7, 11) is 1.80. The van der Waals surface area contributed by atoms with Crippen LogP contribution in [0.4, 0.5) is 0 Å². The van der Waals surface area contributed by atoms with Crippen molar-refractivity contribution in [3.63, 3.8) is 0 Å². The number of hydrogen-bond acceptors (Lipinski definition) is 13. The topological polar surface area (TPSA) is 268 Å². The highest BCUT2D eigenvalue weighted by atomic mass is 32.2. The van der Waals surface area contributed by atoms with Gasteiger partial charge in [-0.05, 0) is 110 Å². The minimum Gasteiger partial charge on any atom is -0.497 e. The normalized spacial score (nSPS) is 11.3. The number of carbonyl (C=O) groups is 4. The van der Waals surface area contributed by atoms with Crippen LogP contribution in [0.5, 0.6) is 11.5 Å². The molecule has 4 aromatic carbocycles. The number of carboxylic acids is 1. The molecule has 0 aliphatic heterocycles. The summed E-state index contributed by atoms with van der Waals surface area (Å²) < 4.78 is 75.6. The summed E-state index contributed by atoms with van der Waals surface area (Å²) in [6.07, 6.45) is 0. The van der Waals surface area contributed by atoms with E-state index in [1.807, 2.05) is 0 Å². The van der Waals surface area contributed by atoms with Gasteiger partial charge in [-0.3, -0.25) is 14.4 Å². The Morgan fingerprint density at radius 1 is 0.567 bits per heavy atom. The van der Waals surface area contributed by atoms with Gasteiger partial charge in [-0.15, -0.1) is 0 Å². The molecule has 19 nitrogen and oxygen atoms in total. The van der Waals surface area contributed by atoms with Crippen LogP contribution in [0, 0.1) is 27.7 Å². The summed E-state index contributed by atoms with van der Waals surface area (Å²) in [6.45, 7) is 7.45. The monoisotopic (exact) mass is 972 g/mol. The van der Waals surface area contributed by atoms with Crippen molar-refractivity contribution in [2.24, 2.45) is 5.73 Å². The first-order chi connectivity index (χ1) is 30.9. The lowest BCUT2D eigenvalue weighted by Crippen LogP contribution is -2.33. The van der Waals surface area contributed by atoms with E-state index in [4.69, 9.17) is 29.8 Å². The number of methoxy groups -OCH3 is 2. The molecule has 0 aliphatic carbocycles. The zero-order valence-corrected chi connectivity index (χ0v) is 41.5. The number of likely N-dealkylation sites (N-methyl/N-ethyl adjacent to an activating group) is 4. The molecule has 0 spiro atoms. The second-order valence-corrected chi connectivity index (χ2v) is 19.5. The third-order valence-electron chi connectivity index (χ3n) is 10.4. The van der Waals surface area contributed by atoms with E-state index in [1.165, 1.54) is 58.9 Å². The third-order valence-corrected chi connectivity index (χ3v) is 14.7. The first-order valence-electron chi connectivity index (χ1n) is 20.5. The summed E-state index contributed by atoms with van der Waals surface area (Å²) >= 11 is 0. The summed E-state index contributed by atoms with van der Waals surface area (Å²) in [4.78, 5) is 50.1. The van der Waals surface area contributed by atoms with E-state index in [0.717, 1.165) is 11.1 Å². The van der Waals surface area contributed by atoms with Gasteiger partial charge in [0, 0.05) is 59.9 Å². The van der Waals surface area contributed by atoms with Crippen molar-refractivity contribution in [1.82, 2.24) is 24.6 Å². The minimum absolute atomic E-state index is 0. The number of nitrogens with two attached hydrogens (primary N) is 1. The first kappa shape index (κ1) is 57.2. The molecule has 6 N–H and O–H groups in total. The zero-order valence-electron chi connectivity index (χ0n) is 39.8. The molecule has 3 amide bonds. The van der Waals surface area contributed by atoms with Gasteiger partial charge in [0.15, 0.2) is 0 Å². The number of rotatable bonds is 22. The largest absolute Gasteiger partial charge is 0.497 e. The molecule has 21 heteroatoms.